The summed E-state index contributed by atoms with van der Waals surface area (Å²) >= 11 is 0. The highest BCUT2D eigenvalue weighted by molar-refractivity contribution is 6.82. The lowest BCUT2D eigenvalue weighted by atomic mass is 10.1. The third-order valence-electron chi connectivity index (χ3n) is 5.99. The summed E-state index contributed by atoms with van der Waals surface area (Å²) in [4.78, 5) is 0. The summed E-state index contributed by atoms with van der Waals surface area (Å²) in [6.45, 7) is 0. The summed E-state index contributed by atoms with van der Waals surface area (Å²) in [5, 5.41) is 3.15. The Hall–Kier alpha value is -0.383. The Balaban J connectivity index is 1.75. The normalized spacial score (nSPS) is 39.9. The highest BCUT2D eigenvalue weighted by Crippen LogP contribution is 2.54. The summed E-state index contributed by atoms with van der Waals surface area (Å²) in [5.41, 5.74) is 0. The van der Waals surface area contributed by atoms with Crippen molar-refractivity contribution in [3.05, 3.63) is 22.5 Å². The Bertz CT molecular complexity index is 412. The number of rotatable bonds is 4. The lowest BCUT2D eigenvalue weighted by Gasteiger charge is -2.36. The van der Waals surface area contributed by atoms with Gasteiger partial charge in [0.15, 0.2) is 0 Å². The molecule has 0 saturated heterocycles. The second kappa shape index (κ2) is 4.30. The van der Waals surface area contributed by atoms with E-state index in [1.54, 1.807) is 10.4 Å². The molecule has 0 aliphatic heterocycles. The molecule has 4 aliphatic rings. The summed E-state index contributed by atoms with van der Waals surface area (Å²) in [6, 6.07) is 0. The molecule has 0 aromatic heterocycles. The van der Waals surface area contributed by atoms with Gasteiger partial charge in [0.25, 0.3) is 0 Å². The van der Waals surface area contributed by atoms with Gasteiger partial charge >= 0.3 is 8.56 Å². The second-order valence-electron chi connectivity index (χ2n) is 6.81. The van der Waals surface area contributed by atoms with Crippen LogP contribution >= 0.6 is 0 Å². The molecule has 2 nitrogen and oxygen atoms in total. The molecule has 19 heavy (non-hydrogen) atoms. The minimum Gasteiger partial charge on any atom is -0.391 e. The van der Waals surface area contributed by atoms with Crippen molar-refractivity contribution in [3.63, 3.8) is 0 Å². The average molecular weight is 276 g/mol. The molecule has 0 amide bonds. The van der Waals surface area contributed by atoms with E-state index in [0.29, 0.717) is 0 Å². The van der Waals surface area contributed by atoms with Crippen molar-refractivity contribution in [2.75, 3.05) is 14.2 Å². The van der Waals surface area contributed by atoms with Gasteiger partial charge in [0.1, 0.15) is 0 Å². The van der Waals surface area contributed by atoms with Crippen molar-refractivity contribution in [3.8, 4) is 0 Å². The topological polar surface area (TPSA) is 18.5 Å². The number of hydrogen-bond acceptors (Lipinski definition) is 2. The number of allylic oxidation sites excluding steroid dienone is 4. The van der Waals surface area contributed by atoms with Crippen LogP contribution in [0.5, 0.6) is 0 Å². The first-order valence-corrected chi connectivity index (χ1v) is 9.63. The van der Waals surface area contributed by atoms with E-state index in [0.717, 1.165) is 23.7 Å². The molecule has 3 heteroatoms. The SMILES string of the molecule is CO[Si](OC)(C1=CC2CCC1C2)C1=CC2CCC1C2. The molecule has 4 rings (SSSR count). The van der Waals surface area contributed by atoms with Crippen LogP contribution in [0.3, 0.4) is 0 Å². The van der Waals surface area contributed by atoms with Crippen molar-refractivity contribution < 1.29 is 8.85 Å². The Morgan fingerprint density at radius 3 is 1.58 bits per heavy atom. The maximum Gasteiger partial charge on any atom is 0.398 e. The molecule has 0 spiro atoms. The van der Waals surface area contributed by atoms with Gasteiger partial charge in [0.05, 0.1) is 0 Å². The van der Waals surface area contributed by atoms with Crippen LogP contribution in [-0.2, 0) is 8.85 Å². The fourth-order valence-electron chi connectivity index (χ4n) is 5.16. The van der Waals surface area contributed by atoms with Gasteiger partial charge in [-0.05, 0) is 72.6 Å². The molecule has 0 N–H and O–H groups in total. The van der Waals surface area contributed by atoms with E-state index in [1.165, 1.54) is 38.5 Å². The van der Waals surface area contributed by atoms with Crippen molar-refractivity contribution in [1.29, 1.82) is 0 Å². The van der Waals surface area contributed by atoms with E-state index in [2.05, 4.69) is 12.2 Å². The molecule has 4 unspecified atom stereocenters. The number of fused-ring (bicyclic) bond motifs is 4. The minimum absolute atomic E-state index is 0.761. The van der Waals surface area contributed by atoms with Crippen LogP contribution in [0.2, 0.25) is 0 Å². The fraction of sp³-hybridized carbons (Fsp3) is 0.750. The second-order valence-corrected chi connectivity index (χ2v) is 10.0. The first-order chi connectivity index (χ1) is 9.26. The zero-order valence-corrected chi connectivity index (χ0v) is 13.0. The molecule has 2 saturated carbocycles. The zero-order valence-electron chi connectivity index (χ0n) is 12.0. The molecule has 4 bridgehead atoms. The molecule has 0 heterocycles. The lowest BCUT2D eigenvalue weighted by molar-refractivity contribution is 0.253. The Kier molecular flexibility index (Phi) is 2.80. The van der Waals surface area contributed by atoms with E-state index >= 15 is 0 Å². The standard InChI is InChI=1S/C16H24O2Si/c1-17-19(18-2,15-9-11-3-5-13(15)7-11)16-10-12-4-6-14(16)8-12/h9-14H,3-8H2,1-2H3. The van der Waals surface area contributed by atoms with Crippen molar-refractivity contribution in [2.24, 2.45) is 23.7 Å². The Labute approximate surface area is 117 Å². The molecular weight excluding hydrogens is 252 g/mol. The summed E-state index contributed by atoms with van der Waals surface area (Å²) < 4.78 is 12.3. The predicted molar refractivity (Wildman–Crippen MR) is 77.6 cm³/mol. The maximum absolute atomic E-state index is 6.14. The lowest BCUT2D eigenvalue weighted by Crippen LogP contribution is -2.48. The molecule has 104 valence electrons. The molecule has 2 fully saturated rings. The zero-order chi connectivity index (χ0) is 13.0. The third kappa shape index (κ3) is 1.61. The fourth-order valence-corrected chi connectivity index (χ4v) is 9.11. The van der Waals surface area contributed by atoms with Gasteiger partial charge < -0.3 is 8.85 Å². The quantitative estimate of drug-likeness (QED) is 0.732. The van der Waals surface area contributed by atoms with Crippen LogP contribution in [0.15, 0.2) is 22.5 Å². The highest BCUT2D eigenvalue weighted by atomic mass is 28.4. The third-order valence-corrected chi connectivity index (χ3v) is 9.81. The van der Waals surface area contributed by atoms with E-state index in [9.17, 15) is 0 Å². The van der Waals surface area contributed by atoms with Gasteiger partial charge in [-0.2, -0.15) is 0 Å². The molecule has 4 atom stereocenters. The Morgan fingerprint density at radius 2 is 1.32 bits per heavy atom. The molecule has 0 aromatic rings. The minimum atomic E-state index is -2.26. The van der Waals surface area contributed by atoms with Crippen LogP contribution in [-0.4, -0.2) is 22.8 Å². The van der Waals surface area contributed by atoms with Gasteiger partial charge in [0.2, 0.25) is 0 Å². The van der Waals surface area contributed by atoms with Crippen LogP contribution < -0.4 is 0 Å². The monoisotopic (exact) mass is 276 g/mol. The predicted octanol–water partition coefficient (Wildman–Crippen LogP) is 3.51. The van der Waals surface area contributed by atoms with Crippen LogP contribution in [0.25, 0.3) is 0 Å². The van der Waals surface area contributed by atoms with Crippen LogP contribution in [0.1, 0.15) is 38.5 Å². The number of hydrogen-bond donors (Lipinski definition) is 0. The van der Waals surface area contributed by atoms with Gasteiger partial charge in [0, 0.05) is 14.2 Å². The van der Waals surface area contributed by atoms with Crippen molar-refractivity contribution in [1.82, 2.24) is 0 Å². The summed E-state index contributed by atoms with van der Waals surface area (Å²) in [6.07, 6.45) is 13.3. The highest BCUT2D eigenvalue weighted by Gasteiger charge is 2.55. The van der Waals surface area contributed by atoms with E-state index < -0.39 is 8.56 Å². The first kappa shape index (κ1) is 12.4. The molecule has 0 aromatic carbocycles. The molecular formula is C16H24O2Si. The van der Waals surface area contributed by atoms with E-state index in [1.807, 2.05) is 14.2 Å². The van der Waals surface area contributed by atoms with Gasteiger partial charge in [-0.25, -0.2) is 0 Å². The maximum atomic E-state index is 6.14. The molecule has 0 radical (unpaired) electrons. The van der Waals surface area contributed by atoms with Crippen molar-refractivity contribution >= 4 is 8.56 Å². The Morgan fingerprint density at radius 1 is 0.842 bits per heavy atom. The van der Waals surface area contributed by atoms with Gasteiger partial charge in [-0.15, -0.1) is 0 Å². The van der Waals surface area contributed by atoms with Gasteiger partial charge in [-0.1, -0.05) is 12.2 Å². The molecule has 4 aliphatic carbocycles. The largest absolute Gasteiger partial charge is 0.398 e. The van der Waals surface area contributed by atoms with E-state index in [-0.39, 0.29) is 0 Å². The average Bonchev–Trinajstić information content (AvgIpc) is 3.21. The van der Waals surface area contributed by atoms with Gasteiger partial charge in [-0.3, -0.25) is 0 Å². The summed E-state index contributed by atoms with van der Waals surface area (Å²) in [5.74, 6) is 3.15. The summed E-state index contributed by atoms with van der Waals surface area (Å²) in [7, 11) is 1.51. The van der Waals surface area contributed by atoms with Crippen molar-refractivity contribution in [2.45, 2.75) is 38.5 Å². The van der Waals surface area contributed by atoms with Crippen LogP contribution in [0.4, 0.5) is 0 Å². The van der Waals surface area contributed by atoms with E-state index in [4.69, 9.17) is 8.85 Å². The van der Waals surface area contributed by atoms with Crippen LogP contribution in [0, 0.1) is 23.7 Å². The smallest absolute Gasteiger partial charge is 0.391 e. The first-order valence-electron chi connectivity index (χ1n) is 7.81.